The Labute approximate surface area is 197 Å². The predicted molar refractivity (Wildman–Crippen MR) is 129 cm³/mol. The van der Waals surface area contributed by atoms with Crippen LogP contribution in [-0.4, -0.2) is 18.5 Å². The molecule has 6 aliphatic rings. The van der Waals surface area contributed by atoms with Crippen LogP contribution < -0.4 is 0 Å². The molecule has 32 heavy (non-hydrogen) atoms. The van der Waals surface area contributed by atoms with Gasteiger partial charge in [-0.05, 0) is 109 Å². The Morgan fingerprint density at radius 2 is 1.47 bits per heavy atom. The van der Waals surface area contributed by atoms with Gasteiger partial charge in [-0.1, -0.05) is 48.5 Å². The summed E-state index contributed by atoms with van der Waals surface area (Å²) in [4.78, 5) is 12.9. The molecule has 0 aromatic rings. The Morgan fingerprint density at radius 3 is 2.22 bits per heavy atom. The van der Waals surface area contributed by atoms with E-state index < -0.39 is 0 Å². The normalized spacial score (nSPS) is 57.7. The third-order valence-corrected chi connectivity index (χ3v) is 13.9. The molecule has 9 atom stereocenters. The van der Waals surface area contributed by atoms with Gasteiger partial charge < -0.3 is 4.74 Å². The van der Waals surface area contributed by atoms with E-state index in [2.05, 4.69) is 48.5 Å². The van der Waals surface area contributed by atoms with E-state index in [4.69, 9.17) is 4.74 Å². The van der Waals surface area contributed by atoms with E-state index in [1.54, 1.807) is 0 Å². The number of rotatable bonds is 0. The van der Waals surface area contributed by atoms with Gasteiger partial charge in [0.15, 0.2) is 0 Å². The molecular formula is C30H48O2. The van der Waals surface area contributed by atoms with Gasteiger partial charge in [0, 0.05) is 11.8 Å². The Bertz CT molecular complexity index is 842. The molecule has 0 radical (unpaired) electrons. The number of fused-ring (bicyclic) bond motifs is 5. The van der Waals surface area contributed by atoms with Crippen molar-refractivity contribution in [1.82, 2.24) is 0 Å². The Morgan fingerprint density at radius 1 is 0.750 bits per heavy atom. The summed E-state index contributed by atoms with van der Waals surface area (Å²) < 4.78 is 6.70. The second kappa shape index (κ2) is 6.24. The zero-order valence-electron chi connectivity index (χ0n) is 22.0. The second-order valence-corrected chi connectivity index (χ2v) is 15.4. The molecule has 0 N–H and O–H groups in total. The summed E-state index contributed by atoms with van der Waals surface area (Å²) in [5.41, 5.74) is 1.83. The van der Waals surface area contributed by atoms with Crippen LogP contribution in [0.1, 0.15) is 113 Å². The van der Waals surface area contributed by atoms with Gasteiger partial charge in [-0.15, -0.1) is 0 Å². The summed E-state index contributed by atoms with van der Waals surface area (Å²) >= 11 is 0. The molecule has 5 saturated carbocycles. The highest BCUT2D eigenvalue weighted by molar-refractivity contribution is 5.85. The van der Waals surface area contributed by atoms with Gasteiger partial charge >= 0.3 is 0 Å². The Balaban J connectivity index is 1.40. The molecular weight excluding hydrogens is 392 g/mol. The lowest BCUT2D eigenvalue weighted by Crippen LogP contribution is -2.67. The molecule has 6 rings (SSSR count). The lowest BCUT2D eigenvalue weighted by molar-refractivity contribution is -0.239. The largest absolute Gasteiger partial charge is 0.377 e. The number of carbonyl (C=O) groups excluding carboxylic acids is 1. The summed E-state index contributed by atoms with van der Waals surface area (Å²) in [6, 6.07) is 0. The van der Waals surface area contributed by atoms with Crippen molar-refractivity contribution in [2.45, 2.75) is 119 Å². The van der Waals surface area contributed by atoms with Gasteiger partial charge in [0.2, 0.25) is 0 Å². The van der Waals surface area contributed by atoms with Crippen LogP contribution in [0.4, 0.5) is 0 Å². The van der Waals surface area contributed by atoms with Crippen molar-refractivity contribution < 1.29 is 9.53 Å². The van der Waals surface area contributed by atoms with E-state index in [0.717, 1.165) is 37.2 Å². The first-order valence-electron chi connectivity index (χ1n) is 14.0. The van der Waals surface area contributed by atoms with Crippen molar-refractivity contribution in [2.75, 3.05) is 6.61 Å². The van der Waals surface area contributed by atoms with Crippen molar-refractivity contribution in [3.05, 3.63) is 0 Å². The molecule has 1 heterocycles. The van der Waals surface area contributed by atoms with Crippen molar-refractivity contribution in [3.63, 3.8) is 0 Å². The SMILES string of the molecule is CC1(C)CC[C@]23CC[C@]4(C)[C@H](CC[C@H]5[C@@]6(C)CCC(=O)C(C)(C)[C@@H]6CC[C@]54C)[C@@H]2[C@@H]1OC3. The van der Waals surface area contributed by atoms with Crippen LogP contribution in [-0.2, 0) is 9.53 Å². The highest BCUT2D eigenvalue weighted by atomic mass is 16.5. The molecule has 1 saturated heterocycles. The minimum absolute atomic E-state index is 0.136. The van der Waals surface area contributed by atoms with Crippen molar-refractivity contribution >= 4 is 5.78 Å². The molecule has 180 valence electrons. The molecule has 2 nitrogen and oxygen atoms in total. The summed E-state index contributed by atoms with van der Waals surface area (Å²) in [6.45, 7) is 18.6. The number of carbonyl (C=O) groups is 1. The first-order valence-corrected chi connectivity index (χ1v) is 14.0. The second-order valence-electron chi connectivity index (χ2n) is 15.4. The third-order valence-electron chi connectivity index (χ3n) is 13.9. The number of ether oxygens (including phenoxy) is 1. The highest BCUT2D eigenvalue weighted by Gasteiger charge is 2.72. The molecule has 2 heteroatoms. The average Bonchev–Trinajstić information content (AvgIpc) is 3.05. The molecule has 5 aliphatic carbocycles. The van der Waals surface area contributed by atoms with E-state index in [-0.39, 0.29) is 5.41 Å². The first kappa shape index (κ1) is 22.1. The maximum atomic E-state index is 12.9. The molecule has 1 aliphatic heterocycles. The first-order chi connectivity index (χ1) is 14.8. The molecule has 2 bridgehead atoms. The summed E-state index contributed by atoms with van der Waals surface area (Å²) in [5.74, 6) is 3.46. The lowest BCUT2D eigenvalue weighted by atomic mass is 9.31. The van der Waals surface area contributed by atoms with Crippen LogP contribution in [0, 0.1) is 56.2 Å². The van der Waals surface area contributed by atoms with Crippen LogP contribution in [0.15, 0.2) is 0 Å². The monoisotopic (exact) mass is 440 g/mol. The van der Waals surface area contributed by atoms with E-state index in [1.807, 2.05) is 0 Å². The van der Waals surface area contributed by atoms with Gasteiger partial charge in [-0.25, -0.2) is 0 Å². The van der Waals surface area contributed by atoms with Crippen LogP contribution in [0.5, 0.6) is 0 Å². The maximum absolute atomic E-state index is 12.9. The number of Topliss-reactive ketones (excluding diaryl/α,β-unsaturated/α-hetero) is 1. The minimum Gasteiger partial charge on any atom is -0.377 e. The van der Waals surface area contributed by atoms with Gasteiger partial charge in [0.05, 0.1) is 12.7 Å². The zero-order chi connectivity index (χ0) is 22.9. The van der Waals surface area contributed by atoms with E-state index in [0.29, 0.717) is 44.9 Å². The van der Waals surface area contributed by atoms with Gasteiger partial charge in [-0.2, -0.15) is 0 Å². The average molecular weight is 441 g/mol. The molecule has 0 aromatic heterocycles. The molecule has 0 aromatic carbocycles. The molecule has 0 amide bonds. The van der Waals surface area contributed by atoms with Crippen molar-refractivity contribution in [2.24, 2.45) is 56.2 Å². The predicted octanol–water partition coefficient (Wildman–Crippen LogP) is 7.45. The Kier molecular flexibility index (Phi) is 4.31. The summed E-state index contributed by atoms with van der Waals surface area (Å²) in [7, 11) is 0. The van der Waals surface area contributed by atoms with Crippen molar-refractivity contribution in [1.29, 1.82) is 0 Å². The van der Waals surface area contributed by atoms with Crippen LogP contribution in [0.2, 0.25) is 0 Å². The number of hydrogen-bond donors (Lipinski definition) is 0. The smallest absolute Gasteiger partial charge is 0.138 e. The van der Waals surface area contributed by atoms with E-state index in [1.165, 1.54) is 51.4 Å². The highest BCUT2D eigenvalue weighted by Crippen LogP contribution is 2.77. The minimum atomic E-state index is -0.136. The third kappa shape index (κ3) is 2.35. The summed E-state index contributed by atoms with van der Waals surface area (Å²) in [6.07, 6.45) is 13.3. The fourth-order valence-electron chi connectivity index (χ4n) is 11.8. The van der Waals surface area contributed by atoms with Gasteiger partial charge in [-0.3, -0.25) is 4.79 Å². The van der Waals surface area contributed by atoms with E-state index >= 15 is 0 Å². The lowest BCUT2D eigenvalue weighted by Gasteiger charge is -2.72. The standard InChI is InChI=1S/C30H48O2/c1-25(2)14-16-30-17-15-28(6)19(23(30)24(25)32-18-30)8-9-21-27(5)12-11-22(31)26(3,4)20(27)10-13-29(21,28)7/h19-21,23-24H,8-18H2,1-7H3/t19-,20+,21+,23-,24+,27+,28-,29-,30-/m1/s1. The van der Waals surface area contributed by atoms with Crippen LogP contribution >= 0.6 is 0 Å². The Hall–Kier alpha value is -0.370. The number of hydrogen-bond acceptors (Lipinski definition) is 2. The fourth-order valence-corrected chi connectivity index (χ4v) is 11.8. The fraction of sp³-hybridized carbons (Fsp3) is 0.967. The van der Waals surface area contributed by atoms with Crippen LogP contribution in [0.25, 0.3) is 0 Å². The quantitative estimate of drug-likeness (QED) is 0.391. The van der Waals surface area contributed by atoms with Crippen LogP contribution in [0.3, 0.4) is 0 Å². The maximum Gasteiger partial charge on any atom is 0.138 e. The molecule has 0 spiro atoms. The molecule has 6 fully saturated rings. The number of ketones is 1. The van der Waals surface area contributed by atoms with Gasteiger partial charge in [0.25, 0.3) is 0 Å². The topological polar surface area (TPSA) is 26.3 Å². The van der Waals surface area contributed by atoms with E-state index in [9.17, 15) is 4.79 Å². The zero-order valence-corrected chi connectivity index (χ0v) is 22.0. The molecule has 0 unspecified atom stereocenters. The van der Waals surface area contributed by atoms with Gasteiger partial charge in [0.1, 0.15) is 5.78 Å². The summed E-state index contributed by atoms with van der Waals surface area (Å²) in [5, 5.41) is 0. The van der Waals surface area contributed by atoms with Crippen molar-refractivity contribution in [3.8, 4) is 0 Å².